The maximum atomic E-state index is 11.4. The van der Waals surface area contributed by atoms with Gasteiger partial charge in [-0.05, 0) is 18.6 Å². The summed E-state index contributed by atoms with van der Waals surface area (Å²) in [6, 6.07) is 1.74. The van der Waals surface area contributed by atoms with Crippen molar-refractivity contribution in [2.24, 2.45) is 0 Å². The van der Waals surface area contributed by atoms with Crippen LogP contribution in [0.3, 0.4) is 0 Å². The van der Waals surface area contributed by atoms with Crippen LogP contribution >= 0.6 is 15.9 Å². The highest BCUT2D eigenvalue weighted by atomic mass is 79.9. The van der Waals surface area contributed by atoms with Crippen molar-refractivity contribution in [1.29, 1.82) is 0 Å². The van der Waals surface area contributed by atoms with Gasteiger partial charge in [0.1, 0.15) is 0 Å². The minimum Gasteiger partial charge on any atom is -0.467 e. The summed E-state index contributed by atoms with van der Waals surface area (Å²) in [5.74, 6) is 0.160. The van der Waals surface area contributed by atoms with Crippen LogP contribution in [0.2, 0.25) is 0 Å². The molecule has 0 saturated carbocycles. The maximum Gasteiger partial charge on any atom is 0.339 e. The SMILES string of the molecule is COC(=O)C(O)c1c(C)c(Br)cc2c1OCO2. The molecule has 1 aliphatic rings. The van der Waals surface area contributed by atoms with E-state index >= 15 is 0 Å². The Morgan fingerprint density at radius 2 is 2.29 bits per heavy atom. The summed E-state index contributed by atoms with van der Waals surface area (Å²) in [4.78, 5) is 11.4. The zero-order chi connectivity index (χ0) is 12.6. The average Bonchev–Trinajstić information content (AvgIpc) is 2.76. The highest BCUT2D eigenvalue weighted by Gasteiger charge is 2.30. The van der Waals surface area contributed by atoms with Gasteiger partial charge in [-0.15, -0.1) is 0 Å². The Balaban J connectivity index is 2.56. The Hall–Kier alpha value is -1.27. The van der Waals surface area contributed by atoms with E-state index in [1.807, 2.05) is 0 Å². The number of ether oxygens (including phenoxy) is 3. The predicted octanol–water partition coefficient (Wildman–Crippen LogP) is 1.69. The van der Waals surface area contributed by atoms with E-state index in [-0.39, 0.29) is 6.79 Å². The van der Waals surface area contributed by atoms with E-state index in [2.05, 4.69) is 20.7 Å². The number of hydrogen-bond donors (Lipinski definition) is 1. The summed E-state index contributed by atoms with van der Waals surface area (Å²) >= 11 is 3.34. The largest absolute Gasteiger partial charge is 0.467 e. The fourth-order valence-electron chi connectivity index (χ4n) is 1.69. The van der Waals surface area contributed by atoms with Crippen molar-refractivity contribution in [3.8, 4) is 11.5 Å². The summed E-state index contributed by atoms with van der Waals surface area (Å²) in [6.07, 6.45) is -1.38. The molecular formula is C11H11BrO5. The Bertz CT molecular complexity index is 471. The molecule has 0 fully saturated rings. The Morgan fingerprint density at radius 3 is 2.94 bits per heavy atom. The lowest BCUT2D eigenvalue weighted by Crippen LogP contribution is -2.15. The van der Waals surface area contributed by atoms with Crippen LogP contribution < -0.4 is 9.47 Å². The number of aliphatic hydroxyl groups excluding tert-OH is 1. The van der Waals surface area contributed by atoms with E-state index in [0.717, 1.165) is 4.47 Å². The van der Waals surface area contributed by atoms with Gasteiger partial charge in [0.25, 0.3) is 0 Å². The monoisotopic (exact) mass is 302 g/mol. The number of halogens is 1. The van der Waals surface area contributed by atoms with Crippen molar-refractivity contribution in [2.45, 2.75) is 13.0 Å². The number of methoxy groups -OCH3 is 1. The lowest BCUT2D eigenvalue weighted by atomic mass is 10.0. The predicted molar refractivity (Wildman–Crippen MR) is 62.0 cm³/mol. The Labute approximate surface area is 106 Å². The average molecular weight is 303 g/mol. The van der Waals surface area contributed by atoms with Gasteiger partial charge in [-0.25, -0.2) is 4.79 Å². The normalized spacial score (nSPS) is 14.6. The van der Waals surface area contributed by atoms with Crippen molar-refractivity contribution >= 4 is 21.9 Å². The molecule has 5 nitrogen and oxygen atoms in total. The maximum absolute atomic E-state index is 11.4. The number of carbonyl (C=O) groups excluding carboxylic acids is 1. The van der Waals surface area contributed by atoms with Crippen LogP contribution in [0.1, 0.15) is 17.2 Å². The quantitative estimate of drug-likeness (QED) is 0.842. The molecule has 0 aromatic heterocycles. The molecule has 1 atom stereocenters. The third kappa shape index (κ3) is 1.98. The molecule has 0 aliphatic carbocycles. The minimum absolute atomic E-state index is 0.0755. The highest BCUT2D eigenvalue weighted by Crippen LogP contribution is 2.44. The number of carbonyl (C=O) groups is 1. The van der Waals surface area contributed by atoms with Crippen LogP contribution in [-0.4, -0.2) is 25.0 Å². The van der Waals surface area contributed by atoms with Gasteiger partial charge in [-0.1, -0.05) is 15.9 Å². The number of hydrogen-bond acceptors (Lipinski definition) is 5. The van der Waals surface area contributed by atoms with Crippen molar-refractivity contribution in [3.05, 3.63) is 21.7 Å². The standard InChI is InChI=1S/C11H11BrO5/c1-5-6(12)3-7-10(17-4-16-7)8(5)9(13)11(14)15-2/h3,9,13H,4H2,1-2H3. The second-order valence-electron chi connectivity index (χ2n) is 3.56. The van der Waals surface area contributed by atoms with E-state index in [1.165, 1.54) is 7.11 Å². The molecule has 2 rings (SSSR count). The molecule has 0 bridgehead atoms. The van der Waals surface area contributed by atoms with E-state index in [1.54, 1.807) is 13.0 Å². The minimum atomic E-state index is -1.38. The smallest absolute Gasteiger partial charge is 0.339 e. The molecule has 1 N–H and O–H groups in total. The second kappa shape index (κ2) is 4.54. The van der Waals surface area contributed by atoms with Crippen LogP contribution in [0.25, 0.3) is 0 Å². The molecule has 6 heteroatoms. The molecule has 1 unspecified atom stereocenters. The zero-order valence-corrected chi connectivity index (χ0v) is 10.9. The molecule has 1 aliphatic heterocycles. The first-order chi connectivity index (χ1) is 8.06. The van der Waals surface area contributed by atoms with E-state index in [0.29, 0.717) is 22.6 Å². The number of rotatable bonds is 2. The molecule has 92 valence electrons. The molecule has 17 heavy (non-hydrogen) atoms. The first-order valence-corrected chi connectivity index (χ1v) is 5.70. The van der Waals surface area contributed by atoms with E-state index in [9.17, 15) is 9.90 Å². The molecule has 0 spiro atoms. The van der Waals surface area contributed by atoms with E-state index < -0.39 is 12.1 Å². The van der Waals surface area contributed by atoms with Crippen LogP contribution in [0.4, 0.5) is 0 Å². The Morgan fingerprint density at radius 1 is 1.59 bits per heavy atom. The fraction of sp³-hybridized carbons (Fsp3) is 0.364. The molecule has 1 aromatic rings. The summed E-state index contributed by atoms with van der Waals surface area (Å²) < 4.78 is 15.7. The summed E-state index contributed by atoms with van der Waals surface area (Å²) in [6.45, 7) is 1.85. The van der Waals surface area contributed by atoms with Gasteiger partial charge in [0.2, 0.25) is 6.79 Å². The first-order valence-electron chi connectivity index (χ1n) is 4.90. The van der Waals surface area contributed by atoms with Crippen LogP contribution in [0.5, 0.6) is 11.5 Å². The van der Waals surface area contributed by atoms with Crippen LogP contribution in [0, 0.1) is 6.92 Å². The van der Waals surface area contributed by atoms with Crippen molar-refractivity contribution in [3.63, 3.8) is 0 Å². The second-order valence-corrected chi connectivity index (χ2v) is 4.41. The van der Waals surface area contributed by atoms with Crippen LogP contribution in [-0.2, 0) is 9.53 Å². The van der Waals surface area contributed by atoms with Gasteiger partial charge >= 0.3 is 5.97 Å². The van der Waals surface area contributed by atoms with Crippen molar-refractivity contribution in [2.75, 3.05) is 13.9 Å². The van der Waals surface area contributed by atoms with Gasteiger partial charge in [-0.3, -0.25) is 0 Å². The van der Waals surface area contributed by atoms with Gasteiger partial charge in [-0.2, -0.15) is 0 Å². The van der Waals surface area contributed by atoms with Gasteiger partial charge in [0.15, 0.2) is 17.6 Å². The van der Waals surface area contributed by atoms with Gasteiger partial charge < -0.3 is 19.3 Å². The molecular weight excluding hydrogens is 292 g/mol. The summed E-state index contributed by atoms with van der Waals surface area (Å²) in [5, 5.41) is 9.93. The fourth-order valence-corrected chi connectivity index (χ4v) is 2.11. The van der Waals surface area contributed by atoms with Crippen molar-refractivity contribution in [1.82, 2.24) is 0 Å². The number of fused-ring (bicyclic) bond motifs is 1. The Kier molecular flexibility index (Phi) is 3.26. The number of aliphatic hydroxyl groups is 1. The summed E-state index contributed by atoms with van der Waals surface area (Å²) in [5.41, 5.74) is 1.09. The topological polar surface area (TPSA) is 65.0 Å². The molecule has 0 radical (unpaired) electrons. The van der Waals surface area contributed by atoms with Crippen LogP contribution in [0.15, 0.2) is 10.5 Å². The lowest BCUT2D eigenvalue weighted by molar-refractivity contribution is -0.150. The van der Waals surface area contributed by atoms with Crippen molar-refractivity contribution < 1.29 is 24.1 Å². The molecule has 1 heterocycles. The molecule has 1 aromatic carbocycles. The van der Waals surface area contributed by atoms with Gasteiger partial charge in [0, 0.05) is 10.0 Å². The van der Waals surface area contributed by atoms with E-state index in [4.69, 9.17) is 9.47 Å². The molecule has 0 amide bonds. The first kappa shape index (κ1) is 12.2. The zero-order valence-electron chi connectivity index (χ0n) is 9.32. The highest BCUT2D eigenvalue weighted by molar-refractivity contribution is 9.10. The molecule has 0 saturated heterocycles. The number of benzene rings is 1. The number of esters is 1. The third-order valence-electron chi connectivity index (χ3n) is 2.60. The van der Waals surface area contributed by atoms with Gasteiger partial charge in [0.05, 0.1) is 7.11 Å². The lowest BCUT2D eigenvalue weighted by Gasteiger charge is -2.15. The third-order valence-corrected chi connectivity index (χ3v) is 3.43. The summed E-state index contributed by atoms with van der Waals surface area (Å²) in [7, 11) is 1.22.